The number of hydrogen-bond donors (Lipinski definition) is 2. The second-order valence-corrected chi connectivity index (χ2v) is 13.3. The van der Waals surface area contributed by atoms with Crippen molar-refractivity contribution in [1.82, 2.24) is 0 Å². The van der Waals surface area contributed by atoms with Crippen LogP contribution in [0, 0.1) is 0 Å². The molecular weight excluding hydrogens is 561 g/mol. The Morgan fingerprint density at radius 1 is 0.568 bits per heavy atom. The average molecular weight is 633 g/mol. The monoisotopic (exact) mass is 633 g/mol. The lowest BCUT2D eigenvalue weighted by atomic mass is 9.99. The minimum Gasteiger partial charge on any atom is -0.396 e. The van der Waals surface area contributed by atoms with E-state index in [-0.39, 0.29) is 12.7 Å². The number of allylic oxidation sites excluding steroid dienone is 8. The number of hydrogen-bond acceptors (Lipinski definition) is 4. The van der Waals surface area contributed by atoms with E-state index in [2.05, 4.69) is 68.2 Å². The molecule has 1 aliphatic rings. The van der Waals surface area contributed by atoms with Gasteiger partial charge in [-0.25, -0.2) is 0 Å². The SMILES string of the molecule is CCCCC/C=C\CCCC/C=C\CCCCCC1(CCCCC/C=C\CCCC/C=C\CCCCS)OCC(CCO)O1. The molecule has 0 radical (unpaired) electrons. The summed E-state index contributed by atoms with van der Waals surface area (Å²) in [4.78, 5) is 0. The summed E-state index contributed by atoms with van der Waals surface area (Å²) in [6.07, 6.45) is 50.3. The van der Waals surface area contributed by atoms with Crippen molar-refractivity contribution in [3.63, 3.8) is 0 Å². The molecule has 1 aliphatic heterocycles. The third-order valence-corrected chi connectivity index (χ3v) is 8.94. The van der Waals surface area contributed by atoms with Gasteiger partial charge in [-0.2, -0.15) is 12.6 Å². The number of aliphatic hydroxyl groups excluding tert-OH is 1. The van der Waals surface area contributed by atoms with Gasteiger partial charge in [-0.15, -0.1) is 0 Å². The van der Waals surface area contributed by atoms with Gasteiger partial charge in [0.15, 0.2) is 5.79 Å². The first kappa shape index (κ1) is 41.2. The van der Waals surface area contributed by atoms with Crippen molar-refractivity contribution in [3.8, 4) is 0 Å². The molecule has 0 spiro atoms. The van der Waals surface area contributed by atoms with Gasteiger partial charge in [-0.05, 0) is 134 Å². The smallest absolute Gasteiger partial charge is 0.168 e. The molecule has 2 atom stereocenters. The Balaban J connectivity index is 2.10. The average Bonchev–Trinajstić information content (AvgIpc) is 3.43. The number of ether oxygens (including phenoxy) is 2. The van der Waals surface area contributed by atoms with Crippen LogP contribution in [0.5, 0.6) is 0 Å². The van der Waals surface area contributed by atoms with Gasteiger partial charge in [-0.1, -0.05) is 81.2 Å². The molecule has 1 heterocycles. The fraction of sp³-hybridized carbons (Fsp3) is 0.800. The minimum atomic E-state index is -0.420. The van der Waals surface area contributed by atoms with Crippen LogP contribution in [0.25, 0.3) is 0 Å². The molecule has 0 aromatic heterocycles. The van der Waals surface area contributed by atoms with Crippen molar-refractivity contribution in [2.24, 2.45) is 0 Å². The maximum Gasteiger partial charge on any atom is 0.168 e. The van der Waals surface area contributed by atoms with Crippen molar-refractivity contribution in [2.45, 2.75) is 186 Å². The largest absolute Gasteiger partial charge is 0.396 e. The molecule has 256 valence electrons. The van der Waals surface area contributed by atoms with E-state index in [9.17, 15) is 5.11 Å². The van der Waals surface area contributed by atoms with E-state index in [0.717, 1.165) is 31.4 Å². The molecule has 0 aromatic carbocycles. The van der Waals surface area contributed by atoms with Gasteiger partial charge < -0.3 is 14.6 Å². The zero-order valence-corrected chi connectivity index (χ0v) is 29.8. The topological polar surface area (TPSA) is 38.7 Å². The predicted molar refractivity (Wildman–Crippen MR) is 197 cm³/mol. The van der Waals surface area contributed by atoms with Crippen molar-refractivity contribution < 1.29 is 14.6 Å². The van der Waals surface area contributed by atoms with Crippen molar-refractivity contribution in [1.29, 1.82) is 0 Å². The normalized spacial score (nSPS) is 19.2. The highest BCUT2D eigenvalue weighted by atomic mass is 32.1. The van der Waals surface area contributed by atoms with Gasteiger partial charge in [0.2, 0.25) is 0 Å². The molecule has 0 aliphatic carbocycles. The molecular formula is C40H72O3S. The molecule has 2 unspecified atom stereocenters. The van der Waals surface area contributed by atoms with Crippen LogP contribution in [0.1, 0.15) is 174 Å². The van der Waals surface area contributed by atoms with E-state index < -0.39 is 5.79 Å². The maximum absolute atomic E-state index is 9.39. The van der Waals surface area contributed by atoms with E-state index in [4.69, 9.17) is 9.47 Å². The first-order chi connectivity index (χ1) is 21.8. The van der Waals surface area contributed by atoms with Crippen LogP contribution in [-0.4, -0.2) is 36.0 Å². The van der Waals surface area contributed by atoms with E-state index in [0.29, 0.717) is 13.0 Å². The Labute approximate surface area is 279 Å². The van der Waals surface area contributed by atoms with Crippen molar-refractivity contribution >= 4 is 12.6 Å². The van der Waals surface area contributed by atoms with Gasteiger partial charge in [0, 0.05) is 19.4 Å². The van der Waals surface area contributed by atoms with Crippen LogP contribution < -0.4 is 0 Å². The van der Waals surface area contributed by atoms with E-state index in [1.165, 1.54) is 135 Å². The Kier molecular flexibility index (Phi) is 30.1. The highest BCUT2D eigenvalue weighted by molar-refractivity contribution is 7.80. The van der Waals surface area contributed by atoms with Crippen molar-refractivity contribution in [2.75, 3.05) is 19.0 Å². The summed E-state index contributed by atoms with van der Waals surface area (Å²) in [6.45, 7) is 3.07. The van der Waals surface area contributed by atoms with Crippen LogP contribution >= 0.6 is 12.6 Å². The van der Waals surface area contributed by atoms with Crippen LogP contribution in [0.2, 0.25) is 0 Å². The van der Waals surface area contributed by atoms with Gasteiger partial charge in [-0.3, -0.25) is 0 Å². The van der Waals surface area contributed by atoms with Crippen LogP contribution in [0.3, 0.4) is 0 Å². The van der Waals surface area contributed by atoms with E-state index in [1.807, 2.05) is 0 Å². The highest BCUT2D eigenvalue weighted by Crippen LogP contribution is 2.35. The number of unbranched alkanes of at least 4 members (excludes halogenated alkanes) is 17. The summed E-state index contributed by atoms with van der Waals surface area (Å²) >= 11 is 4.26. The number of aliphatic hydroxyl groups is 1. The van der Waals surface area contributed by atoms with Gasteiger partial charge in [0.1, 0.15) is 0 Å². The first-order valence-electron chi connectivity index (χ1n) is 18.9. The molecule has 0 aromatic rings. The molecule has 0 saturated carbocycles. The fourth-order valence-electron chi connectivity index (χ4n) is 5.83. The lowest BCUT2D eigenvalue weighted by molar-refractivity contribution is -0.180. The van der Waals surface area contributed by atoms with Gasteiger partial charge >= 0.3 is 0 Å². The Bertz CT molecular complexity index is 665. The van der Waals surface area contributed by atoms with Crippen LogP contribution in [0.15, 0.2) is 48.6 Å². The molecule has 1 N–H and O–H groups in total. The third-order valence-electron chi connectivity index (χ3n) is 8.62. The summed E-state index contributed by atoms with van der Waals surface area (Å²) in [6, 6.07) is 0. The second kappa shape index (κ2) is 32.1. The molecule has 4 heteroatoms. The molecule has 1 saturated heterocycles. The molecule has 0 bridgehead atoms. The Morgan fingerprint density at radius 3 is 1.34 bits per heavy atom. The summed E-state index contributed by atoms with van der Waals surface area (Å²) in [7, 11) is 0. The van der Waals surface area contributed by atoms with Crippen molar-refractivity contribution in [3.05, 3.63) is 48.6 Å². The first-order valence-corrected chi connectivity index (χ1v) is 19.5. The summed E-state index contributed by atoms with van der Waals surface area (Å²) in [5.74, 6) is 0.587. The Morgan fingerprint density at radius 2 is 0.955 bits per heavy atom. The summed E-state index contributed by atoms with van der Waals surface area (Å²) in [5, 5.41) is 9.39. The third kappa shape index (κ3) is 25.4. The molecule has 1 rings (SSSR count). The lowest BCUT2D eigenvalue weighted by Crippen LogP contribution is -2.31. The second-order valence-electron chi connectivity index (χ2n) is 12.8. The quantitative estimate of drug-likeness (QED) is 0.0440. The van der Waals surface area contributed by atoms with Gasteiger partial charge in [0.05, 0.1) is 12.7 Å². The lowest BCUT2D eigenvalue weighted by Gasteiger charge is -2.28. The number of rotatable bonds is 32. The maximum atomic E-state index is 9.39. The van der Waals surface area contributed by atoms with Crippen LogP contribution in [0.4, 0.5) is 0 Å². The zero-order valence-electron chi connectivity index (χ0n) is 28.9. The zero-order chi connectivity index (χ0) is 31.7. The van der Waals surface area contributed by atoms with Gasteiger partial charge in [0.25, 0.3) is 0 Å². The standard InChI is InChI=1S/C40H72O3S/c1-2-3-4-5-6-7-8-9-10-12-15-18-21-24-27-30-34-40(42-38-39(43-40)33-36-41)35-31-28-25-22-19-16-13-11-14-17-20-23-26-29-32-37-44/h6-7,15-16,18-20,23,39,41,44H,2-5,8-14,17,21-22,24-38H2,1H3/b7-6-,18-15-,19-16-,23-20-. The minimum absolute atomic E-state index is 0.0518. The van der Waals surface area contributed by atoms with E-state index >= 15 is 0 Å². The predicted octanol–water partition coefficient (Wildman–Crippen LogP) is 12.4. The Hall–Kier alpha value is -0.810. The van der Waals surface area contributed by atoms with E-state index in [1.54, 1.807) is 0 Å². The fourth-order valence-corrected chi connectivity index (χ4v) is 6.06. The molecule has 44 heavy (non-hydrogen) atoms. The van der Waals surface area contributed by atoms with Crippen LogP contribution in [-0.2, 0) is 9.47 Å². The summed E-state index contributed by atoms with van der Waals surface area (Å²) in [5.41, 5.74) is 0. The number of thiol groups is 1. The summed E-state index contributed by atoms with van der Waals surface area (Å²) < 4.78 is 12.7. The molecule has 0 amide bonds. The highest BCUT2D eigenvalue weighted by Gasteiger charge is 2.40. The molecule has 3 nitrogen and oxygen atoms in total. The molecule has 1 fully saturated rings.